The van der Waals surface area contributed by atoms with Gasteiger partial charge in [-0.1, -0.05) is 23.2 Å². The molecule has 1 aromatic carbocycles. The standard InChI is InChI=1S/C21H24Cl2N4O3S/c1-3-26(4-2)19(29)13-6-5-9-27(11-13)20(30)17-12-31-21(24-17)25-18(28)15-8-7-14(22)10-16(15)23/h7-8,10,12-13H,3-6,9,11H2,1-2H3,(H,24,25,28). The van der Waals surface area contributed by atoms with Crippen LogP contribution in [0.3, 0.4) is 0 Å². The fraction of sp³-hybridized carbons (Fsp3) is 0.429. The molecule has 3 amide bonds. The van der Waals surface area contributed by atoms with Gasteiger partial charge in [-0.3, -0.25) is 19.7 Å². The van der Waals surface area contributed by atoms with Crippen LogP contribution in [0.25, 0.3) is 0 Å². The Morgan fingerprint density at radius 2 is 2.00 bits per heavy atom. The summed E-state index contributed by atoms with van der Waals surface area (Å²) in [6.45, 7) is 6.19. The van der Waals surface area contributed by atoms with Crippen LogP contribution in [0.2, 0.25) is 10.0 Å². The van der Waals surface area contributed by atoms with E-state index in [2.05, 4.69) is 10.3 Å². The molecule has 0 bridgehead atoms. The van der Waals surface area contributed by atoms with Crippen molar-refractivity contribution in [1.82, 2.24) is 14.8 Å². The zero-order chi connectivity index (χ0) is 22.5. The van der Waals surface area contributed by atoms with Gasteiger partial charge in [0.1, 0.15) is 5.69 Å². The van der Waals surface area contributed by atoms with Gasteiger partial charge in [0.15, 0.2) is 5.13 Å². The van der Waals surface area contributed by atoms with Crippen LogP contribution in [0.4, 0.5) is 5.13 Å². The minimum absolute atomic E-state index is 0.0913. The van der Waals surface area contributed by atoms with Crippen LogP contribution >= 0.6 is 34.5 Å². The molecule has 0 radical (unpaired) electrons. The van der Waals surface area contributed by atoms with Gasteiger partial charge >= 0.3 is 0 Å². The first-order valence-electron chi connectivity index (χ1n) is 10.1. The quantitative estimate of drug-likeness (QED) is 0.660. The molecular weight excluding hydrogens is 459 g/mol. The molecule has 3 rings (SSSR count). The van der Waals surface area contributed by atoms with Crippen molar-refractivity contribution in [3.63, 3.8) is 0 Å². The largest absolute Gasteiger partial charge is 0.343 e. The Morgan fingerprint density at radius 1 is 1.26 bits per heavy atom. The zero-order valence-electron chi connectivity index (χ0n) is 17.4. The first kappa shape index (κ1) is 23.5. The van der Waals surface area contributed by atoms with Crippen molar-refractivity contribution in [2.24, 2.45) is 5.92 Å². The summed E-state index contributed by atoms with van der Waals surface area (Å²) in [4.78, 5) is 45.8. The van der Waals surface area contributed by atoms with E-state index in [1.165, 1.54) is 12.1 Å². The maximum atomic E-state index is 12.9. The molecule has 10 heteroatoms. The third kappa shape index (κ3) is 5.56. The molecule has 2 aromatic rings. The number of hydrogen-bond donors (Lipinski definition) is 1. The van der Waals surface area contributed by atoms with E-state index in [1.807, 2.05) is 13.8 Å². The Hall–Kier alpha value is -2.16. The molecule has 0 saturated carbocycles. The monoisotopic (exact) mass is 482 g/mol. The lowest BCUT2D eigenvalue weighted by Gasteiger charge is -2.34. The van der Waals surface area contributed by atoms with E-state index >= 15 is 0 Å². The number of carbonyl (C=O) groups excluding carboxylic acids is 3. The van der Waals surface area contributed by atoms with Crippen molar-refractivity contribution in [1.29, 1.82) is 0 Å². The van der Waals surface area contributed by atoms with Gasteiger partial charge in [-0.15, -0.1) is 11.3 Å². The normalized spacial score (nSPS) is 16.1. The van der Waals surface area contributed by atoms with Crippen LogP contribution in [0, 0.1) is 5.92 Å². The second-order valence-electron chi connectivity index (χ2n) is 7.22. The van der Waals surface area contributed by atoms with Gasteiger partial charge in [0.2, 0.25) is 5.91 Å². The Bertz CT molecular complexity index is 977. The fourth-order valence-electron chi connectivity index (χ4n) is 3.59. The van der Waals surface area contributed by atoms with Crippen molar-refractivity contribution in [2.45, 2.75) is 26.7 Å². The lowest BCUT2D eigenvalue weighted by atomic mass is 9.96. The van der Waals surface area contributed by atoms with Crippen molar-refractivity contribution in [3.8, 4) is 0 Å². The van der Waals surface area contributed by atoms with Crippen LogP contribution in [0.1, 0.15) is 47.5 Å². The first-order chi connectivity index (χ1) is 14.8. The number of anilines is 1. The third-order valence-corrected chi connectivity index (χ3v) is 6.56. The Kier molecular flexibility index (Phi) is 7.91. The number of thiazole rings is 1. The summed E-state index contributed by atoms with van der Waals surface area (Å²) >= 11 is 13.1. The summed E-state index contributed by atoms with van der Waals surface area (Å²) in [7, 11) is 0. The number of nitrogens with one attached hydrogen (secondary N) is 1. The number of piperidine rings is 1. The molecule has 0 spiro atoms. The fourth-order valence-corrected chi connectivity index (χ4v) is 4.76. The molecule has 1 saturated heterocycles. The van der Waals surface area contributed by atoms with Gasteiger partial charge < -0.3 is 9.80 Å². The van der Waals surface area contributed by atoms with Crippen LogP contribution in [0.15, 0.2) is 23.6 Å². The molecule has 1 atom stereocenters. The topological polar surface area (TPSA) is 82.6 Å². The maximum Gasteiger partial charge on any atom is 0.273 e. The number of halogens is 2. The highest BCUT2D eigenvalue weighted by atomic mass is 35.5. The first-order valence-corrected chi connectivity index (χ1v) is 11.8. The summed E-state index contributed by atoms with van der Waals surface area (Å²) in [5.41, 5.74) is 0.515. The average Bonchev–Trinajstić information content (AvgIpc) is 3.22. The van der Waals surface area contributed by atoms with Crippen molar-refractivity contribution in [3.05, 3.63) is 44.9 Å². The molecule has 1 fully saturated rings. The Labute approximate surface area is 195 Å². The Balaban J connectivity index is 1.65. The van der Waals surface area contributed by atoms with Gasteiger partial charge in [-0.05, 0) is 44.9 Å². The molecule has 1 aromatic heterocycles. The van der Waals surface area contributed by atoms with Gasteiger partial charge in [-0.2, -0.15) is 0 Å². The lowest BCUT2D eigenvalue weighted by Crippen LogP contribution is -2.46. The van der Waals surface area contributed by atoms with E-state index < -0.39 is 5.91 Å². The predicted octanol–water partition coefficient (Wildman–Crippen LogP) is 4.42. The molecule has 7 nitrogen and oxygen atoms in total. The second kappa shape index (κ2) is 10.4. The molecule has 1 aliphatic heterocycles. The number of likely N-dealkylation sites (tertiary alicyclic amines) is 1. The summed E-state index contributed by atoms with van der Waals surface area (Å²) < 4.78 is 0. The summed E-state index contributed by atoms with van der Waals surface area (Å²) in [5.74, 6) is -0.771. The number of benzene rings is 1. The molecular formula is C21H24Cl2N4O3S. The van der Waals surface area contributed by atoms with Gasteiger partial charge in [-0.25, -0.2) is 4.98 Å². The van der Waals surface area contributed by atoms with Crippen molar-refractivity contribution in [2.75, 3.05) is 31.5 Å². The molecule has 1 unspecified atom stereocenters. The van der Waals surface area contributed by atoms with Crippen LogP contribution in [-0.4, -0.2) is 58.7 Å². The van der Waals surface area contributed by atoms with Gasteiger partial charge in [0.25, 0.3) is 11.8 Å². The highest BCUT2D eigenvalue weighted by molar-refractivity contribution is 7.14. The third-order valence-electron chi connectivity index (χ3n) is 5.25. The number of rotatable bonds is 6. The van der Waals surface area contributed by atoms with E-state index in [9.17, 15) is 14.4 Å². The zero-order valence-corrected chi connectivity index (χ0v) is 19.7. The summed E-state index contributed by atoms with van der Waals surface area (Å²) in [6, 6.07) is 4.59. The minimum atomic E-state index is -0.433. The number of hydrogen-bond acceptors (Lipinski definition) is 5. The summed E-state index contributed by atoms with van der Waals surface area (Å²) in [5, 5.41) is 5.23. The number of aromatic nitrogens is 1. The highest BCUT2D eigenvalue weighted by Crippen LogP contribution is 2.25. The van der Waals surface area contributed by atoms with E-state index in [0.29, 0.717) is 36.3 Å². The SMILES string of the molecule is CCN(CC)C(=O)C1CCCN(C(=O)c2csc(NC(=O)c3ccc(Cl)cc3Cl)n2)C1. The van der Waals surface area contributed by atoms with Crippen LogP contribution < -0.4 is 5.32 Å². The molecule has 1 aliphatic rings. The molecule has 166 valence electrons. The Morgan fingerprint density at radius 3 is 2.68 bits per heavy atom. The van der Waals surface area contributed by atoms with Crippen molar-refractivity contribution >= 4 is 57.4 Å². The summed E-state index contributed by atoms with van der Waals surface area (Å²) in [6.07, 6.45) is 1.55. The van der Waals surface area contributed by atoms with E-state index in [4.69, 9.17) is 23.2 Å². The molecule has 2 heterocycles. The average molecular weight is 483 g/mol. The molecule has 0 aliphatic carbocycles. The molecule has 1 N–H and O–H groups in total. The minimum Gasteiger partial charge on any atom is -0.343 e. The number of amides is 3. The maximum absolute atomic E-state index is 12.9. The number of nitrogens with zero attached hydrogens (tertiary/aromatic N) is 3. The molecule has 31 heavy (non-hydrogen) atoms. The number of carbonyl (C=O) groups is 3. The van der Waals surface area contributed by atoms with E-state index in [0.717, 1.165) is 24.2 Å². The van der Waals surface area contributed by atoms with Crippen LogP contribution in [-0.2, 0) is 4.79 Å². The van der Waals surface area contributed by atoms with E-state index in [-0.39, 0.29) is 34.0 Å². The predicted molar refractivity (Wildman–Crippen MR) is 123 cm³/mol. The van der Waals surface area contributed by atoms with Crippen molar-refractivity contribution < 1.29 is 14.4 Å². The second-order valence-corrected chi connectivity index (χ2v) is 8.92. The van der Waals surface area contributed by atoms with E-state index in [1.54, 1.807) is 21.2 Å². The van der Waals surface area contributed by atoms with Gasteiger partial charge in [0.05, 0.1) is 16.5 Å². The smallest absolute Gasteiger partial charge is 0.273 e. The highest BCUT2D eigenvalue weighted by Gasteiger charge is 2.31. The lowest BCUT2D eigenvalue weighted by molar-refractivity contribution is -0.136. The van der Waals surface area contributed by atoms with Gasteiger partial charge in [0, 0.05) is 36.6 Å². The van der Waals surface area contributed by atoms with Crippen LogP contribution in [0.5, 0.6) is 0 Å².